The Labute approximate surface area is 143 Å². The summed E-state index contributed by atoms with van der Waals surface area (Å²) in [6.07, 6.45) is 3.63. The number of H-pyrrole nitrogens is 1. The third-order valence-corrected chi connectivity index (χ3v) is 4.60. The fourth-order valence-electron chi connectivity index (χ4n) is 3.45. The number of rotatable bonds is 1. The molecule has 5 rings (SSSR count). The van der Waals surface area contributed by atoms with Gasteiger partial charge in [-0.05, 0) is 18.2 Å². The van der Waals surface area contributed by atoms with Crippen LogP contribution in [0.15, 0.2) is 66.4 Å². The van der Waals surface area contributed by atoms with Crippen molar-refractivity contribution in [2.45, 2.75) is 0 Å². The summed E-state index contributed by atoms with van der Waals surface area (Å²) in [5.41, 5.74) is 4.91. The van der Waals surface area contributed by atoms with E-state index in [2.05, 4.69) is 15.6 Å². The summed E-state index contributed by atoms with van der Waals surface area (Å²) in [5, 5.41) is 6.73. The summed E-state index contributed by atoms with van der Waals surface area (Å²) in [6.45, 7) is 0. The first kappa shape index (κ1) is 13.8. The van der Waals surface area contributed by atoms with Crippen molar-refractivity contribution in [1.82, 2.24) is 10.3 Å². The van der Waals surface area contributed by atoms with E-state index >= 15 is 0 Å². The molecule has 2 aliphatic rings. The largest absolute Gasteiger partial charge is 0.360 e. The van der Waals surface area contributed by atoms with E-state index in [1.54, 1.807) is 6.08 Å². The van der Waals surface area contributed by atoms with Gasteiger partial charge in [-0.1, -0.05) is 36.4 Å². The standard InChI is InChI=1S/C20H13N3O2/c24-19-13(18-12-6-2-4-8-16(12)22-20(18)25)9-17(23-19)14-10-21-15-7-3-1-5-11(14)15/h1-10,21H,(H,22,25)(H,23,24)/b18-13+. The molecular formula is C20H13N3O2. The van der Waals surface area contributed by atoms with E-state index in [4.69, 9.17) is 0 Å². The first-order valence-corrected chi connectivity index (χ1v) is 7.97. The Bertz CT molecular complexity index is 1130. The molecular weight excluding hydrogens is 314 g/mol. The second kappa shape index (κ2) is 4.95. The van der Waals surface area contributed by atoms with Gasteiger partial charge in [-0.3, -0.25) is 9.59 Å². The zero-order valence-corrected chi connectivity index (χ0v) is 13.1. The molecule has 5 nitrogen and oxygen atoms in total. The van der Waals surface area contributed by atoms with E-state index < -0.39 is 0 Å². The average molecular weight is 327 g/mol. The van der Waals surface area contributed by atoms with Crippen molar-refractivity contribution < 1.29 is 9.59 Å². The van der Waals surface area contributed by atoms with Crippen LogP contribution >= 0.6 is 0 Å². The van der Waals surface area contributed by atoms with Crippen LogP contribution in [0.25, 0.3) is 22.2 Å². The van der Waals surface area contributed by atoms with Gasteiger partial charge in [-0.25, -0.2) is 0 Å². The van der Waals surface area contributed by atoms with Crippen LogP contribution in [-0.4, -0.2) is 16.8 Å². The van der Waals surface area contributed by atoms with E-state index in [1.807, 2.05) is 54.7 Å². The van der Waals surface area contributed by atoms with Crippen LogP contribution in [0.1, 0.15) is 11.1 Å². The Balaban J connectivity index is 1.69. The lowest BCUT2D eigenvalue weighted by atomic mass is 10.0. The second-order valence-corrected chi connectivity index (χ2v) is 6.05. The van der Waals surface area contributed by atoms with Gasteiger partial charge in [0.05, 0.1) is 16.8 Å². The van der Waals surface area contributed by atoms with E-state index in [0.717, 1.165) is 27.7 Å². The highest BCUT2D eigenvalue weighted by molar-refractivity contribution is 6.37. The minimum Gasteiger partial charge on any atom is -0.360 e. The molecule has 2 amide bonds. The van der Waals surface area contributed by atoms with Crippen LogP contribution in [0, 0.1) is 0 Å². The number of carbonyl (C=O) groups excluding carboxylic acids is 2. The molecule has 120 valence electrons. The number of nitrogens with one attached hydrogen (secondary N) is 3. The Hall–Kier alpha value is -3.60. The van der Waals surface area contributed by atoms with Gasteiger partial charge in [0.1, 0.15) is 0 Å². The van der Waals surface area contributed by atoms with Crippen LogP contribution in [0.3, 0.4) is 0 Å². The van der Waals surface area contributed by atoms with Crippen molar-refractivity contribution in [3.63, 3.8) is 0 Å². The zero-order valence-electron chi connectivity index (χ0n) is 13.1. The molecule has 0 saturated heterocycles. The molecule has 2 aromatic carbocycles. The monoisotopic (exact) mass is 327 g/mol. The van der Waals surface area contributed by atoms with Crippen LogP contribution in [-0.2, 0) is 9.59 Å². The van der Waals surface area contributed by atoms with E-state index in [0.29, 0.717) is 16.8 Å². The van der Waals surface area contributed by atoms with Gasteiger partial charge in [0.25, 0.3) is 11.8 Å². The zero-order chi connectivity index (χ0) is 17.0. The van der Waals surface area contributed by atoms with E-state index in [1.165, 1.54) is 0 Å². The SMILES string of the molecule is O=C1NC(c2c[nH]c3ccccc23)=C/C1=C1\C(=O)Nc2ccccc21. The number of anilines is 1. The number of benzene rings is 2. The molecule has 3 N–H and O–H groups in total. The maximum absolute atomic E-state index is 12.5. The molecule has 0 fully saturated rings. The van der Waals surface area contributed by atoms with E-state index in [9.17, 15) is 9.59 Å². The number of aromatic amines is 1. The van der Waals surface area contributed by atoms with Gasteiger partial charge < -0.3 is 15.6 Å². The molecule has 0 aliphatic carbocycles. The van der Waals surface area contributed by atoms with Gasteiger partial charge >= 0.3 is 0 Å². The Morgan fingerprint density at radius 1 is 0.760 bits per heavy atom. The molecule has 3 heterocycles. The second-order valence-electron chi connectivity index (χ2n) is 6.05. The van der Waals surface area contributed by atoms with Crippen molar-refractivity contribution in [1.29, 1.82) is 0 Å². The molecule has 0 atom stereocenters. The molecule has 5 heteroatoms. The quantitative estimate of drug-likeness (QED) is 0.601. The lowest BCUT2D eigenvalue weighted by Crippen LogP contribution is -2.18. The van der Waals surface area contributed by atoms with Gasteiger partial charge in [-0.15, -0.1) is 0 Å². The number of amides is 2. The number of para-hydroxylation sites is 2. The summed E-state index contributed by atoms with van der Waals surface area (Å²) in [5.74, 6) is -0.509. The predicted molar refractivity (Wildman–Crippen MR) is 96.4 cm³/mol. The van der Waals surface area contributed by atoms with Crippen LogP contribution in [0.5, 0.6) is 0 Å². The minimum atomic E-state index is -0.262. The molecule has 0 bridgehead atoms. The Morgan fingerprint density at radius 3 is 2.48 bits per heavy atom. The molecule has 0 saturated carbocycles. The third kappa shape index (κ3) is 1.96. The van der Waals surface area contributed by atoms with Crippen LogP contribution in [0.4, 0.5) is 5.69 Å². The number of hydrogen-bond acceptors (Lipinski definition) is 2. The summed E-state index contributed by atoms with van der Waals surface area (Å²) in [6, 6.07) is 15.3. The molecule has 25 heavy (non-hydrogen) atoms. The van der Waals surface area contributed by atoms with Crippen molar-refractivity contribution in [3.05, 3.63) is 77.5 Å². The maximum atomic E-state index is 12.5. The van der Waals surface area contributed by atoms with Crippen molar-refractivity contribution in [3.8, 4) is 0 Å². The van der Waals surface area contributed by atoms with E-state index in [-0.39, 0.29) is 11.8 Å². The van der Waals surface area contributed by atoms with Crippen molar-refractivity contribution in [2.24, 2.45) is 0 Å². The van der Waals surface area contributed by atoms with Crippen LogP contribution in [0.2, 0.25) is 0 Å². The summed E-state index contributed by atoms with van der Waals surface area (Å²) in [7, 11) is 0. The average Bonchev–Trinajstić information content (AvgIpc) is 3.29. The highest BCUT2D eigenvalue weighted by Crippen LogP contribution is 2.37. The number of hydrogen-bond donors (Lipinski definition) is 3. The Morgan fingerprint density at radius 2 is 1.56 bits per heavy atom. The van der Waals surface area contributed by atoms with Gasteiger partial charge in [-0.2, -0.15) is 0 Å². The smallest absolute Gasteiger partial charge is 0.257 e. The molecule has 3 aromatic rings. The summed E-state index contributed by atoms with van der Waals surface area (Å²) >= 11 is 0. The number of carbonyl (C=O) groups is 2. The molecule has 0 radical (unpaired) electrons. The fraction of sp³-hybridized carbons (Fsp3) is 0. The highest BCUT2D eigenvalue weighted by Gasteiger charge is 2.32. The van der Waals surface area contributed by atoms with Crippen molar-refractivity contribution >= 4 is 39.7 Å². The topological polar surface area (TPSA) is 74.0 Å². The van der Waals surface area contributed by atoms with Gasteiger partial charge in [0.2, 0.25) is 0 Å². The first-order chi connectivity index (χ1) is 12.2. The molecule has 1 aromatic heterocycles. The maximum Gasteiger partial charge on any atom is 0.257 e. The predicted octanol–water partition coefficient (Wildman–Crippen LogP) is 3.04. The van der Waals surface area contributed by atoms with Crippen LogP contribution < -0.4 is 10.6 Å². The lowest BCUT2D eigenvalue weighted by molar-refractivity contribution is -0.116. The highest BCUT2D eigenvalue weighted by atomic mass is 16.2. The fourth-order valence-corrected chi connectivity index (χ4v) is 3.45. The number of fused-ring (bicyclic) bond motifs is 2. The van der Waals surface area contributed by atoms with Gasteiger partial charge in [0, 0.05) is 33.9 Å². The Kier molecular flexibility index (Phi) is 2.73. The van der Waals surface area contributed by atoms with Crippen molar-refractivity contribution in [2.75, 3.05) is 5.32 Å². The lowest BCUT2D eigenvalue weighted by Gasteiger charge is -2.01. The molecule has 0 spiro atoms. The summed E-state index contributed by atoms with van der Waals surface area (Å²) in [4.78, 5) is 28.1. The first-order valence-electron chi connectivity index (χ1n) is 7.97. The summed E-state index contributed by atoms with van der Waals surface area (Å²) < 4.78 is 0. The minimum absolute atomic E-state index is 0.247. The number of aromatic nitrogens is 1. The third-order valence-electron chi connectivity index (χ3n) is 4.60. The van der Waals surface area contributed by atoms with Gasteiger partial charge in [0.15, 0.2) is 0 Å². The normalized spacial score (nSPS) is 19.0. The molecule has 0 unspecified atom stereocenters. The molecule has 2 aliphatic heterocycles.